The fourth-order valence-electron chi connectivity index (χ4n) is 1.75. The lowest BCUT2D eigenvalue weighted by molar-refractivity contribution is -0.130. The van der Waals surface area contributed by atoms with Gasteiger partial charge in [0.05, 0.1) is 0 Å². The Hall–Kier alpha value is -0.0900. The minimum absolute atomic E-state index is 0.0292. The van der Waals surface area contributed by atoms with Crippen LogP contribution in [0.25, 0.3) is 0 Å². The van der Waals surface area contributed by atoms with Crippen LogP contribution in [0.5, 0.6) is 0 Å². The second kappa shape index (κ2) is 5.05. The Labute approximate surface area is 108 Å². The first kappa shape index (κ1) is 14.0. The normalized spacial score (nSPS) is 22.0. The Morgan fingerprint density at radius 3 is 2.56 bits per heavy atom. The van der Waals surface area contributed by atoms with Gasteiger partial charge < -0.3 is 0 Å². The molecule has 0 radical (unpaired) electrons. The van der Waals surface area contributed by atoms with Gasteiger partial charge in [0, 0.05) is 18.2 Å². The predicted octanol–water partition coefficient (Wildman–Crippen LogP) is 3.31. The Balaban J connectivity index is 2.76. The van der Waals surface area contributed by atoms with Gasteiger partial charge in [0.25, 0.3) is 0 Å². The summed E-state index contributed by atoms with van der Waals surface area (Å²) in [4.78, 5) is 14.1. The van der Waals surface area contributed by atoms with Crippen LogP contribution in [-0.4, -0.2) is 26.9 Å². The lowest BCUT2D eigenvalue weighted by Crippen LogP contribution is -2.42. The first-order valence-corrected chi connectivity index (χ1v) is 7.10. The summed E-state index contributed by atoms with van der Waals surface area (Å²) >= 11 is 6.90. The monoisotopic (exact) mass is 259 g/mol. The van der Waals surface area contributed by atoms with E-state index in [1.165, 1.54) is 0 Å². The van der Waals surface area contributed by atoms with E-state index in [1.807, 2.05) is 4.90 Å². The summed E-state index contributed by atoms with van der Waals surface area (Å²) in [5.41, 5.74) is 0.0292. The highest BCUT2D eigenvalue weighted by Gasteiger charge is 2.36. The fourth-order valence-corrected chi connectivity index (χ4v) is 3.42. The molecule has 1 fully saturated rings. The summed E-state index contributed by atoms with van der Waals surface area (Å²) < 4.78 is 0.757. The number of rotatable bonds is 2. The highest BCUT2D eigenvalue weighted by Crippen LogP contribution is 2.31. The number of carbonyl (C=O) groups is 1. The maximum absolute atomic E-state index is 12.2. The predicted molar refractivity (Wildman–Crippen MR) is 74.6 cm³/mol. The van der Waals surface area contributed by atoms with Crippen molar-refractivity contribution in [1.82, 2.24) is 4.90 Å². The van der Waals surface area contributed by atoms with Gasteiger partial charge in [-0.2, -0.15) is 0 Å². The highest BCUT2D eigenvalue weighted by atomic mass is 32.2. The van der Waals surface area contributed by atoms with Gasteiger partial charge >= 0.3 is 0 Å². The largest absolute Gasteiger partial charge is 0.294 e. The van der Waals surface area contributed by atoms with Crippen LogP contribution in [-0.2, 0) is 4.79 Å². The van der Waals surface area contributed by atoms with Crippen molar-refractivity contribution in [2.75, 3.05) is 5.75 Å². The zero-order chi connectivity index (χ0) is 12.5. The number of thiocarbonyl (C=S) groups is 1. The van der Waals surface area contributed by atoms with E-state index in [-0.39, 0.29) is 17.4 Å². The first-order chi connectivity index (χ1) is 7.22. The topological polar surface area (TPSA) is 20.3 Å². The van der Waals surface area contributed by atoms with Crippen LogP contribution >= 0.6 is 24.0 Å². The molecule has 0 spiro atoms. The van der Waals surface area contributed by atoms with Crippen LogP contribution in [0.1, 0.15) is 41.0 Å². The number of thioether (sulfide) groups is 1. The number of hydrogen-bond acceptors (Lipinski definition) is 3. The summed E-state index contributed by atoms with van der Waals surface area (Å²) in [7, 11) is 0. The number of hydrogen-bond donors (Lipinski definition) is 0. The van der Waals surface area contributed by atoms with Gasteiger partial charge in [0.1, 0.15) is 4.32 Å². The smallest absolute Gasteiger partial charge is 0.228 e. The third-order valence-corrected chi connectivity index (χ3v) is 4.13. The Morgan fingerprint density at radius 2 is 2.12 bits per heavy atom. The maximum atomic E-state index is 12.2. The quantitative estimate of drug-likeness (QED) is 0.710. The molecule has 16 heavy (non-hydrogen) atoms. The van der Waals surface area contributed by atoms with E-state index in [1.54, 1.807) is 11.8 Å². The van der Waals surface area contributed by atoms with Gasteiger partial charge in [-0.1, -0.05) is 58.6 Å². The maximum Gasteiger partial charge on any atom is 0.228 e. The van der Waals surface area contributed by atoms with Crippen molar-refractivity contribution in [2.45, 2.75) is 47.1 Å². The number of carbonyl (C=O) groups excluding carboxylic acids is 1. The molecule has 0 unspecified atom stereocenters. The molecular formula is C12H21NOS2. The van der Waals surface area contributed by atoms with Gasteiger partial charge in [-0.05, 0) is 11.3 Å². The van der Waals surface area contributed by atoms with Crippen LogP contribution < -0.4 is 0 Å². The minimum atomic E-state index is 0.0292. The Bertz CT molecular complexity index is 294. The molecule has 0 aliphatic carbocycles. The summed E-state index contributed by atoms with van der Waals surface area (Å²) in [6, 6.07) is 0.285. The van der Waals surface area contributed by atoms with E-state index in [0.717, 1.165) is 10.1 Å². The van der Waals surface area contributed by atoms with E-state index in [2.05, 4.69) is 34.6 Å². The fraction of sp³-hybridized carbons (Fsp3) is 0.833. The molecule has 1 atom stereocenters. The van der Waals surface area contributed by atoms with E-state index in [9.17, 15) is 4.79 Å². The molecule has 1 aliphatic rings. The molecule has 0 aromatic rings. The van der Waals surface area contributed by atoms with Gasteiger partial charge in [0.2, 0.25) is 5.91 Å². The summed E-state index contributed by atoms with van der Waals surface area (Å²) in [5, 5.41) is 0. The van der Waals surface area contributed by atoms with Crippen molar-refractivity contribution in [3.63, 3.8) is 0 Å². The second-order valence-corrected chi connectivity index (χ2v) is 7.54. The molecule has 2 nitrogen and oxygen atoms in total. The third kappa shape index (κ3) is 3.45. The third-order valence-electron chi connectivity index (χ3n) is 2.63. The summed E-state index contributed by atoms with van der Waals surface area (Å²) in [5.74, 6) is 1.60. The average Bonchev–Trinajstić information content (AvgIpc) is 2.43. The van der Waals surface area contributed by atoms with E-state index < -0.39 is 0 Å². The lowest BCUT2D eigenvalue weighted by Gasteiger charge is -2.29. The molecule has 1 heterocycles. The van der Waals surface area contributed by atoms with Crippen molar-refractivity contribution < 1.29 is 4.79 Å². The summed E-state index contributed by atoms with van der Waals surface area (Å²) in [6.07, 6.45) is 0.566. The molecular weight excluding hydrogens is 238 g/mol. The molecule has 1 rings (SSSR count). The molecule has 1 aliphatic heterocycles. The Kier molecular flexibility index (Phi) is 4.41. The molecule has 0 aromatic carbocycles. The van der Waals surface area contributed by atoms with Crippen molar-refractivity contribution in [3.05, 3.63) is 0 Å². The summed E-state index contributed by atoms with van der Waals surface area (Å²) in [6.45, 7) is 10.6. The van der Waals surface area contributed by atoms with Crippen molar-refractivity contribution in [1.29, 1.82) is 0 Å². The molecule has 1 saturated heterocycles. The first-order valence-electron chi connectivity index (χ1n) is 5.71. The molecule has 92 valence electrons. The standard InChI is InChI=1S/C12H21NOS2/c1-8(2)9-7-16-11(15)13(9)10(14)6-12(3,4)5/h8-9H,6-7H2,1-5H3/t9-/m1/s1. The highest BCUT2D eigenvalue weighted by molar-refractivity contribution is 8.23. The van der Waals surface area contributed by atoms with Crippen LogP contribution in [0.4, 0.5) is 0 Å². The number of nitrogens with zero attached hydrogens (tertiary/aromatic N) is 1. The van der Waals surface area contributed by atoms with E-state index >= 15 is 0 Å². The zero-order valence-corrected chi connectivity index (χ0v) is 12.4. The van der Waals surface area contributed by atoms with E-state index in [4.69, 9.17) is 12.2 Å². The van der Waals surface area contributed by atoms with Gasteiger partial charge in [0.15, 0.2) is 0 Å². The Morgan fingerprint density at radius 1 is 1.56 bits per heavy atom. The number of amides is 1. The van der Waals surface area contributed by atoms with Gasteiger partial charge in [-0.25, -0.2) is 0 Å². The van der Waals surface area contributed by atoms with Crippen molar-refractivity contribution in [2.24, 2.45) is 11.3 Å². The van der Waals surface area contributed by atoms with Crippen molar-refractivity contribution >= 4 is 34.2 Å². The van der Waals surface area contributed by atoms with Crippen LogP contribution in [0.15, 0.2) is 0 Å². The molecule has 0 N–H and O–H groups in total. The zero-order valence-electron chi connectivity index (χ0n) is 10.7. The molecule has 4 heteroatoms. The molecule has 0 aromatic heterocycles. The van der Waals surface area contributed by atoms with Crippen LogP contribution in [0, 0.1) is 11.3 Å². The molecule has 1 amide bonds. The second-order valence-electron chi connectivity index (χ2n) is 5.89. The lowest BCUT2D eigenvalue weighted by atomic mass is 9.91. The molecule has 0 saturated carbocycles. The minimum Gasteiger partial charge on any atom is -0.294 e. The van der Waals surface area contributed by atoms with E-state index in [0.29, 0.717) is 12.3 Å². The van der Waals surface area contributed by atoms with Crippen LogP contribution in [0.3, 0.4) is 0 Å². The van der Waals surface area contributed by atoms with Crippen molar-refractivity contribution in [3.8, 4) is 0 Å². The van der Waals surface area contributed by atoms with Gasteiger partial charge in [-0.3, -0.25) is 9.69 Å². The SMILES string of the molecule is CC(C)[C@H]1CSC(=S)N1C(=O)CC(C)(C)C. The average molecular weight is 259 g/mol. The van der Waals surface area contributed by atoms with Gasteiger partial charge in [-0.15, -0.1) is 0 Å². The molecule has 0 bridgehead atoms. The van der Waals surface area contributed by atoms with Crippen LogP contribution in [0.2, 0.25) is 0 Å².